The Balaban J connectivity index is 1.98. The van der Waals surface area contributed by atoms with Crippen LogP contribution in [-0.4, -0.2) is 21.3 Å². The highest BCUT2D eigenvalue weighted by Crippen LogP contribution is 2.15. The first-order valence-corrected chi connectivity index (χ1v) is 6.24. The molecule has 0 aliphatic carbocycles. The summed E-state index contributed by atoms with van der Waals surface area (Å²) >= 11 is 0. The molecule has 1 heterocycles. The third-order valence-corrected chi connectivity index (χ3v) is 3.12. The molecule has 0 fully saturated rings. The van der Waals surface area contributed by atoms with Gasteiger partial charge >= 0.3 is 0 Å². The molecule has 0 amide bonds. The van der Waals surface area contributed by atoms with Crippen LogP contribution in [0.1, 0.15) is 30.3 Å². The van der Waals surface area contributed by atoms with Gasteiger partial charge in [0.15, 0.2) is 0 Å². The fourth-order valence-electron chi connectivity index (χ4n) is 1.99. The number of aryl methyl sites for hydroxylation is 1. The monoisotopic (exact) mass is 255 g/mol. The molecule has 0 aliphatic heterocycles. The molecule has 2 atom stereocenters. The third kappa shape index (κ3) is 3.18. The Labute approximate surface area is 112 Å². The number of nitrogens with one attached hydrogen (secondary N) is 1. The highest BCUT2D eigenvalue weighted by molar-refractivity contribution is 5.25. The van der Waals surface area contributed by atoms with Crippen LogP contribution in [0, 0.1) is 11.3 Å². The van der Waals surface area contributed by atoms with Gasteiger partial charge in [0, 0.05) is 13.6 Å². The van der Waals surface area contributed by atoms with E-state index in [1.807, 2.05) is 48.9 Å². The van der Waals surface area contributed by atoms with Gasteiger partial charge in [-0.3, -0.25) is 0 Å². The third-order valence-electron chi connectivity index (χ3n) is 3.12. The molecular formula is C14H17N5. The van der Waals surface area contributed by atoms with Gasteiger partial charge in [-0.2, -0.15) is 5.26 Å². The SMILES string of the molecule is CC(NCC(C#N)c1ccccc1)c1nncn1C. The van der Waals surface area contributed by atoms with Crippen LogP contribution in [0.5, 0.6) is 0 Å². The van der Waals surface area contributed by atoms with Crippen molar-refractivity contribution >= 4 is 0 Å². The zero-order chi connectivity index (χ0) is 13.7. The average molecular weight is 255 g/mol. The van der Waals surface area contributed by atoms with Crippen molar-refractivity contribution in [3.8, 4) is 6.07 Å². The molecule has 5 nitrogen and oxygen atoms in total. The minimum atomic E-state index is -0.156. The number of hydrogen-bond donors (Lipinski definition) is 1. The van der Waals surface area contributed by atoms with Gasteiger partial charge in [0.1, 0.15) is 12.2 Å². The predicted molar refractivity (Wildman–Crippen MR) is 72.2 cm³/mol. The minimum Gasteiger partial charge on any atom is -0.319 e. The number of nitriles is 1. The molecule has 1 aromatic heterocycles. The van der Waals surface area contributed by atoms with E-state index in [1.54, 1.807) is 6.33 Å². The Kier molecular flexibility index (Phi) is 4.26. The quantitative estimate of drug-likeness (QED) is 0.884. The van der Waals surface area contributed by atoms with Gasteiger partial charge in [0.2, 0.25) is 0 Å². The molecule has 2 aromatic rings. The topological polar surface area (TPSA) is 66.5 Å². The molecule has 0 aliphatic rings. The second kappa shape index (κ2) is 6.12. The molecule has 1 N–H and O–H groups in total. The fraction of sp³-hybridized carbons (Fsp3) is 0.357. The van der Waals surface area contributed by atoms with Crippen LogP contribution in [-0.2, 0) is 7.05 Å². The van der Waals surface area contributed by atoms with Gasteiger partial charge in [-0.15, -0.1) is 10.2 Å². The van der Waals surface area contributed by atoms with E-state index < -0.39 is 0 Å². The number of rotatable bonds is 5. The lowest BCUT2D eigenvalue weighted by atomic mass is 10.0. The van der Waals surface area contributed by atoms with E-state index in [4.69, 9.17) is 0 Å². The Bertz CT molecular complexity index is 555. The van der Waals surface area contributed by atoms with Crippen molar-refractivity contribution in [2.75, 3.05) is 6.54 Å². The highest BCUT2D eigenvalue weighted by Gasteiger charge is 2.15. The Hall–Kier alpha value is -2.19. The van der Waals surface area contributed by atoms with E-state index in [0.29, 0.717) is 6.54 Å². The molecule has 5 heteroatoms. The fourth-order valence-corrected chi connectivity index (χ4v) is 1.99. The minimum absolute atomic E-state index is 0.0621. The van der Waals surface area contributed by atoms with Crippen LogP contribution < -0.4 is 5.32 Å². The summed E-state index contributed by atoms with van der Waals surface area (Å²) < 4.78 is 1.88. The summed E-state index contributed by atoms with van der Waals surface area (Å²) in [6.45, 7) is 2.61. The second-order valence-electron chi connectivity index (χ2n) is 4.52. The van der Waals surface area contributed by atoms with E-state index in [9.17, 15) is 5.26 Å². The molecule has 0 saturated heterocycles. The van der Waals surface area contributed by atoms with Gasteiger partial charge in [-0.1, -0.05) is 30.3 Å². The van der Waals surface area contributed by atoms with E-state index in [2.05, 4.69) is 21.6 Å². The molecule has 98 valence electrons. The normalized spacial score (nSPS) is 13.7. The maximum atomic E-state index is 9.25. The van der Waals surface area contributed by atoms with Crippen LogP contribution in [0.3, 0.4) is 0 Å². The molecule has 0 radical (unpaired) electrons. The first-order valence-electron chi connectivity index (χ1n) is 6.24. The van der Waals surface area contributed by atoms with Crippen molar-refractivity contribution in [2.45, 2.75) is 18.9 Å². The Morgan fingerprint density at radius 3 is 2.68 bits per heavy atom. The lowest BCUT2D eigenvalue weighted by Crippen LogP contribution is -2.26. The van der Waals surface area contributed by atoms with Crippen molar-refractivity contribution in [1.82, 2.24) is 20.1 Å². The maximum absolute atomic E-state index is 9.25. The molecule has 0 saturated carbocycles. The summed E-state index contributed by atoms with van der Waals surface area (Å²) in [6, 6.07) is 12.2. The highest BCUT2D eigenvalue weighted by atomic mass is 15.3. The van der Waals surface area contributed by atoms with Gasteiger partial charge < -0.3 is 9.88 Å². The van der Waals surface area contributed by atoms with Crippen LogP contribution in [0.2, 0.25) is 0 Å². The Morgan fingerprint density at radius 1 is 1.37 bits per heavy atom. The number of aromatic nitrogens is 3. The van der Waals surface area contributed by atoms with Crippen molar-refractivity contribution in [3.05, 3.63) is 48.0 Å². The van der Waals surface area contributed by atoms with E-state index in [-0.39, 0.29) is 12.0 Å². The van der Waals surface area contributed by atoms with Crippen LogP contribution in [0.4, 0.5) is 0 Å². The molecule has 0 spiro atoms. The number of benzene rings is 1. The molecule has 2 unspecified atom stereocenters. The van der Waals surface area contributed by atoms with E-state index in [0.717, 1.165) is 11.4 Å². The number of hydrogen-bond acceptors (Lipinski definition) is 4. The first kappa shape index (κ1) is 13.2. The predicted octanol–water partition coefficient (Wildman–Crippen LogP) is 1.77. The zero-order valence-corrected chi connectivity index (χ0v) is 11.1. The molecule has 2 rings (SSSR count). The molecule has 0 bridgehead atoms. The maximum Gasteiger partial charge on any atom is 0.149 e. The lowest BCUT2D eigenvalue weighted by Gasteiger charge is -2.16. The van der Waals surface area contributed by atoms with E-state index >= 15 is 0 Å². The summed E-state index contributed by atoms with van der Waals surface area (Å²) in [4.78, 5) is 0. The summed E-state index contributed by atoms with van der Waals surface area (Å²) in [5, 5.41) is 20.5. The Morgan fingerprint density at radius 2 is 2.11 bits per heavy atom. The van der Waals surface area contributed by atoms with Gasteiger partial charge in [-0.25, -0.2) is 0 Å². The van der Waals surface area contributed by atoms with Gasteiger partial charge in [-0.05, 0) is 12.5 Å². The van der Waals surface area contributed by atoms with Crippen molar-refractivity contribution in [2.24, 2.45) is 7.05 Å². The summed E-state index contributed by atoms with van der Waals surface area (Å²) in [5.41, 5.74) is 1.03. The smallest absolute Gasteiger partial charge is 0.149 e. The summed E-state index contributed by atoms with van der Waals surface area (Å²) in [5.74, 6) is 0.710. The van der Waals surface area contributed by atoms with Crippen LogP contribution in [0.15, 0.2) is 36.7 Å². The number of nitrogens with zero attached hydrogens (tertiary/aromatic N) is 4. The lowest BCUT2D eigenvalue weighted by molar-refractivity contribution is 0.518. The first-order chi connectivity index (χ1) is 9.22. The zero-order valence-electron chi connectivity index (χ0n) is 11.1. The van der Waals surface area contributed by atoms with Crippen molar-refractivity contribution in [3.63, 3.8) is 0 Å². The standard InChI is InChI=1S/C14H17N5/c1-11(14-18-17-10-19(14)2)16-9-13(8-15)12-6-4-3-5-7-12/h3-7,10-11,13,16H,9H2,1-2H3. The second-order valence-corrected chi connectivity index (χ2v) is 4.52. The molecular weight excluding hydrogens is 238 g/mol. The van der Waals surface area contributed by atoms with Crippen LogP contribution >= 0.6 is 0 Å². The van der Waals surface area contributed by atoms with Crippen LogP contribution in [0.25, 0.3) is 0 Å². The average Bonchev–Trinajstić information content (AvgIpc) is 2.87. The molecule has 19 heavy (non-hydrogen) atoms. The molecule has 1 aromatic carbocycles. The van der Waals surface area contributed by atoms with Gasteiger partial charge in [0.05, 0.1) is 18.0 Å². The van der Waals surface area contributed by atoms with Crippen molar-refractivity contribution < 1.29 is 0 Å². The van der Waals surface area contributed by atoms with Gasteiger partial charge in [0.25, 0.3) is 0 Å². The van der Waals surface area contributed by atoms with Crippen molar-refractivity contribution in [1.29, 1.82) is 5.26 Å². The summed E-state index contributed by atoms with van der Waals surface area (Å²) in [6.07, 6.45) is 1.67. The van der Waals surface area contributed by atoms with E-state index in [1.165, 1.54) is 0 Å². The summed E-state index contributed by atoms with van der Waals surface area (Å²) in [7, 11) is 1.91. The largest absolute Gasteiger partial charge is 0.319 e.